The maximum atomic E-state index is 11.9. The van der Waals surface area contributed by atoms with Gasteiger partial charge in [-0.25, -0.2) is 0 Å². The molecule has 1 rings (SSSR count). The van der Waals surface area contributed by atoms with Crippen LogP contribution in [-0.2, 0) is 0 Å². The molecular weight excluding hydrogens is 245 g/mol. The summed E-state index contributed by atoms with van der Waals surface area (Å²) in [5.74, 6) is -0.0477. The molecule has 0 bridgehead atoms. The first-order valence-electron chi connectivity index (χ1n) is 5.29. The molecule has 0 heterocycles. The molecule has 0 aliphatic carbocycles. The van der Waals surface area contributed by atoms with E-state index in [1.54, 1.807) is 18.2 Å². The van der Waals surface area contributed by atoms with Gasteiger partial charge in [-0.2, -0.15) is 0 Å². The van der Waals surface area contributed by atoms with Crippen LogP contribution in [0.15, 0.2) is 18.2 Å². The van der Waals surface area contributed by atoms with Crippen molar-refractivity contribution in [3.05, 3.63) is 33.8 Å². The number of carbonyl (C=O) groups is 1. The minimum atomic E-state index is -0.104. The number of ketones is 1. The van der Waals surface area contributed by atoms with Crippen molar-refractivity contribution in [2.75, 3.05) is 0 Å². The van der Waals surface area contributed by atoms with Crippen molar-refractivity contribution in [3.8, 4) is 0 Å². The third kappa shape index (κ3) is 3.48. The third-order valence-corrected chi connectivity index (χ3v) is 3.18. The normalized spacial score (nSPS) is 12.5. The van der Waals surface area contributed by atoms with E-state index in [1.807, 2.05) is 6.92 Å². The van der Waals surface area contributed by atoms with Gasteiger partial charge in [0.2, 0.25) is 0 Å². The molecule has 0 saturated heterocycles. The van der Waals surface area contributed by atoms with Crippen molar-refractivity contribution in [2.45, 2.75) is 32.2 Å². The lowest BCUT2D eigenvalue weighted by molar-refractivity contribution is 0.0973. The topological polar surface area (TPSA) is 43.1 Å². The summed E-state index contributed by atoms with van der Waals surface area (Å²) in [5, 5.41) is 0.717. The highest BCUT2D eigenvalue weighted by molar-refractivity contribution is 6.43. The predicted octanol–water partition coefficient (Wildman–Crippen LogP) is 3.69. The second-order valence-corrected chi connectivity index (χ2v) is 4.56. The Hall–Kier alpha value is -0.570. The molecular formula is C12H15Cl2NO. The van der Waals surface area contributed by atoms with Gasteiger partial charge in [0.1, 0.15) is 0 Å². The Balaban J connectivity index is 2.77. The molecule has 0 amide bonds. The van der Waals surface area contributed by atoms with Crippen molar-refractivity contribution >= 4 is 29.0 Å². The van der Waals surface area contributed by atoms with Crippen LogP contribution in [0.3, 0.4) is 0 Å². The summed E-state index contributed by atoms with van der Waals surface area (Å²) >= 11 is 11.8. The molecule has 2 N–H and O–H groups in total. The molecule has 1 unspecified atom stereocenters. The highest BCUT2D eigenvalue weighted by atomic mass is 35.5. The molecule has 0 aromatic heterocycles. The second kappa shape index (κ2) is 6.24. The molecule has 0 spiro atoms. The van der Waals surface area contributed by atoms with E-state index in [4.69, 9.17) is 28.9 Å². The zero-order chi connectivity index (χ0) is 12.1. The number of Topliss-reactive ketones (excluding diaryl/α,β-unsaturated/α-hetero) is 1. The van der Waals surface area contributed by atoms with Crippen LogP contribution in [0.5, 0.6) is 0 Å². The van der Waals surface area contributed by atoms with Crippen LogP contribution >= 0.6 is 23.2 Å². The molecule has 1 aromatic rings. The van der Waals surface area contributed by atoms with E-state index in [2.05, 4.69) is 0 Å². The number of benzene rings is 1. The van der Waals surface area contributed by atoms with E-state index in [0.29, 0.717) is 22.0 Å². The summed E-state index contributed by atoms with van der Waals surface area (Å²) in [6.45, 7) is 2.04. The summed E-state index contributed by atoms with van der Waals surface area (Å²) in [6.07, 6.45) is 2.12. The van der Waals surface area contributed by atoms with Gasteiger partial charge in [-0.15, -0.1) is 0 Å². The standard InChI is InChI=1S/C12H15Cl2NO/c1-2-4-8(15)7-11(16)9-5-3-6-10(13)12(9)14/h3,5-6,8H,2,4,7,15H2,1H3. The molecule has 4 heteroatoms. The van der Waals surface area contributed by atoms with E-state index in [1.165, 1.54) is 0 Å². The maximum Gasteiger partial charge on any atom is 0.165 e. The molecule has 2 nitrogen and oxygen atoms in total. The van der Waals surface area contributed by atoms with Gasteiger partial charge in [0.05, 0.1) is 10.0 Å². The van der Waals surface area contributed by atoms with Gasteiger partial charge in [0.15, 0.2) is 5.78 Å². The summed E-state index contributed by atoms with van der Waals surface area (Å²) in [6, 6.07) is 4.95. The van der Waals surface area contributed by atoms with Gasteiger partial charge in [0.25, 0.3) is 0 Å². The first kappa shape index (κ1) is 13.5. The molecule has 88 valence electrons. The van der Waals surface area contributed by atoms with Crippen LogP contribution in [0.4, 0.5) is 0 Å². The quantitative estimate of drug-likeness (QED) is 0.820. The maximum absolute atomic E-state index is 11.9. The Kier molecular flexibility index (Phi) is 5.26. The van der Waals surface area contributed by atoms with Crippen molar-refractivity contribution < 1.29 is 4.79 Å². The Morgan fingerprint density at radius 2 is 2.12 bits per heavy atom. The summed E-state index contributed by atoms with van der Waals surface area (Å²) in [4.78, 5) is 11.9. The number of hydrogen-bond acceptors (Lipinski definition) is 2. The number of hydrogen-bond donors (Lipinski definition) is 1. The molecule has 1 atom stereocenters. The van der Waals surface area contributed by atoms with Crippen LogP contribution in [0, 0.1) is 0 Å². The first-order chi connectivity index (χ1) is 7.56. The minimum absolute atomic E-state index is 0.0477. The van der Waals surface area contributed by atoms with E-state index in [0.717, 1.165) is 12.8 Å². The smallest absolute Gasteiger partial charge is 0.165 e. The Morgan fingerprint density at radius 3 is 2.75 bits per heavy atom. The first-order valence-corrected chi connectivity index (χ1v) is 6.04. The van der Waals surface area contributed by atoms with Gasteiger partial charge in [-0.3, -0.25) is 4.79 Å². The number of nitrogens with two attached hydrogens (primary N) is 1. The van der Waals surface area contributed by atoms with Crippen LogP contribution in [0.1, 0.15) is 36.5 Å². The van der Waals surface area contributed by atoms with Gasteiger partial charge in [-0.05, 0) is 18.6 Å². The monoisotopic (exact) mass is 259 g/mol. The molecule has 0 fully saturated rings. The zero-order valence-electron chi connectivity index (χ0n) is 9.17. The minimum Gasteiger partial charge on any atom is -0.327 e. The summed E-state index contributed by atoms with van der Waals surface area (Å²) < 4.78 is 0. The molecule has 0 radical (unpaired) electrons. The Bertz CT molecular complexity index is 379. The average Bonchev–Trinajstić information content (AvgIpc) is 2.22. The number of halogens is 2. The van der Waals surface area contributed by atoms with Crippen LogP contribution in [-0.4, -0.2) is 11.8 Å². The van der Waals surface area contributed by atoms with Gasteiger partial charge in [-0.1, -0.05) is 42.6 Å². The van der Waals surface area contributed by atoms with E-state index in [9.17, 15) is 4.79 Å². The predicted molar refractivity (Wildman–Crippen MR) is 68.3 cm³/mol. The molecule has 0 saturated carbocycles. The average molecular weight is 260 g/mol. The Morgan fingerprint density at radius 1 is 1.44 bits per heavy atom. The fraction of sp³-hybridized carbons (Fsp3) is 0.417. The van der Waals surface area contributed by atoms with Gasteiger partial charge >= 0.3 is 0 Å². The van der Waals surface area contributed by atoms with Gasteiger partial charge < -0.3 is 5.73 Å². The van der Waals surface area contributed by atoms with Crippen LogP contribution in [0.2, 0.25) is 10.0 Å². The largest absolute Gasteiger partial charge is 0.327 e. The van der Waals surface area contributed by atoms with Crippen LogP contribution in [0.25, 0.3) is 0 Å². The fourth-order valence-electron chi connectivity index (χ4n) is 1.54. The van der Waals surface area contributed by atoms with Crippen molar-refractivity contribution in [1.82, 2.24) is 0 Å². The number of carbonyl (C=O) groups excluding carboxylic acids is 1. The van der Waals surface area contributed by atoms with Crippen molar-refractivity contribution in [3.63, 3.8) is 0 Å². The lowest BCUT2D eigenvalue weighted by Gasteiger charge is -2.10. The van der Waals surface area contributed by atoms with E-state index >= 15 is 0 Å². The van der Waals surface area contributed by atoms with Crippen molar-refractivity contribution in [2.24, 2.45) is 5.73 Å². The second-order valence-electron chi connectivity index (χ2n) is 3.78. The third-order valence-electron chi connectivity index (χ3n) is 2.36. The Labute approximate surface area is 106 Å². The summed E-state index contributed by atoms with van der Waals surface area (Å²) in [5.41, 5.74) is 6.27. The van der Waals surface area contributed by atoms with E-state index in [-0.39, 0.29) is 11.8 Å². The highest BCUT2D eigenvalue weighted by Crippen LogP contribution is 2.26. The van der Waals surface area contributed by atoms with Crippen molar-refractivity contribution in [1.29, 1.82) is 0 Å². The fourth-order valence-corrected chi connectivity index (χ4v) is 1.95. The lowest BCUT2D eigenvalue weighted by atomic mass is 10.0. The summed E-state index contributed by atoms with van der Waals surface area (Å²) in [7, 11) is 0. The van der Waals surface area contributed by atoms with Gasteiger partial charge in [0, 0.05) is 18.0 Å². The highest BCUT2D eigenvalue weighted by Gasteiger charge is 2.15. The molecule has 0 aliphatic heterocycles. The molecule has 1 aromatic carbocycles. The van der Waals surface area contributed by atoms with E-state index < -0.39 is 0 Å². The van der Waals surface area contributed by atoms with Crippen LogP contribution < -0.4 is 5.73 Å². The lowest BCUT2D eigenvalue weighted by Crippen LogP contribution is -2.23. The molecule has 16 heavy (non-hydrogen) atoms. The molecule has 0 aliphatic rings. The SMILES string of the molecule is CCCC(N)CC(=O)c1cccc(Cl)c1Cl. The zero-order valence-corrected chi connectivity index (χ0v) is 10.7. The number of rotatable bonds is 5.